The molecule has 0 aromatic heterocycles. The van der Waals surface area contributed by atoms with Gasteiger partial charge in [-0.15, -0.1) is 0 Å². The maximum atomic E-state index is 2.54. The summed E-state index contributed by atoms with van der Waals surface area (Å²) in [5.41, 5.74) is 57.9. The van der Waals surface area contributed by atoms with E-state index in [4.69, 9.17) is 0 Å². The number of hydrogen-bond donors (Lipinski definition) is 0. The van der Waals surface area contributed by atoms with Gasteiger partial charge in [-0.25, -0.2) is 0 Å². The molecule has 0 radical (unpaired) electrons. The van der Waals surface area contributed by atoms with Gasteiger partial charge < -0.3 is 9.80 Å². The van der Waals surface area contributed by atoms with E-state index in [0.29, 0.717) is 5.92 Å². The number of aryl methyl sites for hydroxylation is 16. The normalized spacial score (nSPS) is 15.6. The van der Waals surface area contributed by atoms with E-state index in [2.05, 4.69) is 444 Å². The molecular weight excluding hydrogens is 1490 g/mol. The fourth-order valence-corrected chi connectivity index (χ4v) is 21.8. The highest BCUT2D eigenvalue weighted by molar-refractivity contribution is 5.92. The molecule has 7 aliphatic carbocycles. The molecule has 0 bridgehead atoms. The minimum absolute atomic E-state index is 0.142. The van der Waals surface area contributed by atoms with E-state index in [0.717, 1.165) is 29.2 Å². The molecule has 614 valence electrons. The van der Waals surface area contributed by atoms with Gasteiger partial charge in [0.25, 0.3) is 0 Å². The minimum atomic E-state index is -0.268. The first kappa shape index (κ1) is 81.1. The molecule has 1 unspecified atom stereocenters. The second kappa shape index (κ2) is 31.3. The highest BCUT2D eigenvalue weighted by atomic mass is 15.1. The van der Waals surface area contributed by atoms with Crippen LogP contribution >= 0.6 is 0 Å². The van der Waals surface area contributed by atoms with Crippen LogP contribution in [0.1, 0.15) is 198 Å². The van der Waals surface area contributed by atoms with Crippen molar-refractivity contribution in [3.8, 4) is 44.5 Å². The molecule has 0 spiro atoms. The Balaban J connectivity index is 0.000000113. The summed E-state index contributed by atoms with van der Waals surface area (Å²) in [6, 6.07) is 113. The molecule has 0 heterocycles. The van der Waals surface area contributed by atoms with Crippen LogP contribution < -0.4 is 9.80 Å². The Bertz CT molecular complexity index is 6370. The predicted octanol–water partition coefficient (Wildman–Crippen LogP) is 31.8. The van der Waals surface area contributed by atoms with E-state index in [-0.39, 0.29) is 21.7 Å². The maximum absolute atomic E-state index is 2.54. The van der Waals surface area contributed by atoms with E-state index >= 15 is 0 Å². The lowest BCUT2D eigenvalue weighted by Gasteiger charge is -2.37. The summed E-state index contributed by atoms with van der Waals surface area (Å²) in [6.07, 6.45) is 11.0. The Kier molecular flexibility index (Phi) is 20.5. The lowest BCUT2D eigenvalue weighted by molar-refractivity contribution is 0.659. The molecule has 2 heteroatoms. The van der Waals surface area contributed by atoms with Crippen LogP contribution in [0.3, 0.4) is 0 Å². The van der Waals surface area contributed by atoms with Crippen molar-refractivity contribution in [1.82, 2.24) is 0 Å². The monoisotopic (exact) mass is 1610 g/mol. The summed E-state index contributed by atoms with van der Waals surface area (Å²) >= 11 is 0. The summed E-state index contributed by atoms with van der Waals surface area (Å²) in [7, 11) is 0. The Morgan fingerprint density at radius 3 is 0.790 bits per heavy atom. The van der Waals surface area contributed by atoms with Crippen molar-refractivity contribution in [3.63, 3.8) is 0 Å². The molecule has 7 aliphatic rings. The van der Waals surface area contributed by atoms with Crippen molar-refractivity contribution >= 4 is 34.1 Å². The smallest absolute Gasteiger partial charge is 0.0713 e. The van der Waals surface area contributed by atoms with Crippen molar-refractivity contribution in [2.45, 2.75) is 178 Å². The molecule has 0 saturated carbocycles. The Hall–Kier alpha value is -12.6. The molecule has 0 N–H and O–H groups in total. The zero-order valence-electron chi connectivity index (χ0n) is 76.0. The lowest BCUT2D eigenvalue weighted by atomic mass is 9.64. The first-order valence-corrected chi connectivity index (χ1v) is 45.2. The second-order valence-electron chi connectivity index (χ2n) is 38.7. The summed E-state index contributed by atoms with van der Waals surface area (Å²) in [6.45, 7) is 40.3. The molecule has 22 rings (SSSR count). The van der Waals surface area contributed by atoms with Gasteiger partial charge in [-0.05, 0) is 334 Å². The molecule has 2 nitrogen and oxygen atoms in total. The van der Waals surface area contributed by atoms with Crippen LogP contribution in [-0.4, -0.2) is 0 Å². The van der Waals surface area contributed by atoms with Crippen LogP contribution in [0.4, 0.5) is 34.1 Å². The Morgan fingerprint density at radius 1 is 0.226 bits per heavy atom. The maximum Gasteiger partial charge on any atom is 0.0713 e. The zero-order chi connectivity index (χ0) is 86.2. The van der Waals surface area contributed by atoms with Crippen molar-refractivity contribution < 1.29 is 0 Å². The minimum Gasteiger partial charge on any atom is -0.310 e. The topological polar surface area (TPSA) is 6.48 Å². The molecule has 1 atom stereocenters. The third-order valence-electron chi connectivity index (χ3n) is 28.4. The van der Waals surface area contributed by atoms with Gasteiger partial charge in [-0.2, -0.15) is 0 Å². The quantitative estimate of drug-likeness (QED) is 0.135. The van der Waals surface area contributed by atoms with Gasteiger partial charge in [-0.3, -0.25) is 0 Å². The summed E-state index contributed by atoms with van der Waals surface area (Å²) in [5.74, 6) is 0.546. The average Bonchev–Trinajstić information content (AvgIpc) is 1.52. The summed E-state index contributed by atoms with van der Waals surface area (Å²) < 4.78 is 0. The summed E-state index contributed by atoms with van der Waals surface area (Å²) in [5, 5.41) is 0. The number of anilines is 6. The molecule has 0 fully saturated rings. The van der Waals surface area contributed by atoms with Gasteiger partial charge in [0.2, 0.25) is 0 Å². The Labute approximate surface area is 738 Å². The second-order valence-corrected chi connectivity index (χ2v) is 38.7. The number of benzene rings is 15. The van der Waals surface area contributed by atoms with E-state index in [9.17, 15) is 0 Å². The van der Waals surface area contributed by atoms with Gasteiger partial charge in [0, 0.05) is 45.0 Å². The largest absolute Gasteiger partial charge is 0.310 e. The number of allylic oxidation sites excluding steroid dienone is 4. The van der Waals surface area contributed by atoms with E-state index in [1.165, 1.54) is 243 Å². The van der Waals surface area contributed by atoms with Crippen molar-refractivity contribution in [1.29, 1.82) is 0 Å². The van der Waals surface area contributed by atoms with Crippen molar-refractivity contribution in [2.24, 2.45) is 5.92 Å². The van der Waals surface area contributed by atoms with Gasteiger partial charge in [-0.1, -0.05) is 344 Å². The van der Waals surface area contributed by atoms with Gasteiger partial charge in [0.1, 0.15) is 0 Å². The molecule has 15 aromatic rings. The van der Waals surface area contributed by atoms with Crippen LogP contribution in [0.15, 0.2) is 321 Å². The molecule has 0 amide bonds. The summed E-state index contributed by atoms with van der Waals surface area (Å²) in [4.78, 5) is 4.75. The number of hydrogen-bond acceptors (Lipinski definition) is 2. The Morgan fingerprint density at radius 2 is 0.492 bits per heavy atom. The molecule has 0 saturated heterocycles. The van der Waals surface area contributed by atoms with Crippen LogP contribution in [0.25, 0.3) is 44.5 Å². The fraction of sp³-hybridized carbons (Fsp3) is 0.230. The number of nitrogens with zero attached hydrogens (tertiary/aromatic N) is 2. The molecule has 0 aliphatic heterocycles. The third kappa shape index (κ3) is 14.0. The molecular formula is C122H116N2. The predicted molar refractivity (Wildman–Crippen MR) is 527 cm³/mol. The van der Waals surface area contributed by atoms with E-state index in [1.807, 2.05) is 0 Å². The lowest BCUT2D eigenvalue weighted by Crippen LogP contribution is -2.31. The first-order chi connectivity index (χ1) is 59.6. The number of rotatable bonds is 10. The third-order valence-corrected chi connectivity index (χ3v) is 28.4. The first-order valence-electron chi connectivity index (χ1n) is 45.2. The van der Waals surface area contributed by atoms with Crippen LogP contribution in [0, 0.1) is 89.0 Å². The van der Waals surface area contributed by atoms with E-state index in [1.54, 1.807) is 0 Å². The van der Waals surface area contributed by atoms with Crippen LogP contribution in [0.5, 0.6) is 0 Å². The van der Waals surface area contributed by atoms with Crippen LogP contribution in [-0.2, 0) is 47.3 Å². The highest BCUT2D eigenvalue weighted by Crippen LogP contribution is 2.61. The highest BCUT2D eigenvalue weighted by Gasteiger charge is 2.50. The molecule has 15 aromatic carbocycles. The molecule has 124 heavy (non-hydrogen) atoms. The van der Waals surface area contributed by atoms with Gasteiger partial charge in [0.05, 0.1) is 10.8 Å². The van der Waals surface area contributed by atoms with E-state index < -0.39 is 0 Å². The van der Waals surface area contributed by atoms with Gasteiger partial charge >= 0.3 is 0 Å². The van der Waals surface area contributed by atoms with Crippen LogP contribution in [0.2, 0.25) is 0 Å². The zero-order valence-corrected chi connectivity index (χ0v) is 76.0. The van der Waals surface area contributed by atoms with Crippen molar-refractivity contribution in [3.05, 3.63) is 471 Å². The van der Waals surface area contributed by atoms with Crippen molar-refractivity contribution in [2.75, 3.05) is 9.80 Å². The number of fused-ring (bicyclic) bond motifs is 14. The van der Waals surface area contributed by atoms with Gasteiger partial charge in [0.15, 0.2) is 0 Å². The average molecular weight is 1610 g/mol. The standard InChI is InChI=1S/C43H40N2.C31H26.C31H32.C17H18/c1-29-7-15-33(16-8-29)44(34-17-9-30(2)10-18-34)37-23-25-39-40-26-24-38(28-42(40)43(5,6)41(39)27-37)45(35-19-11-31(3)12-20-35)36-21-13-32(4)14-22-36;1-19-3-13-27-28-14-4-20(2)16-30(28)31(29(27)15-19,25-11-9-21-5-7-23(21)17-25)26-12-10-22-6-8-24(22)18-26;1-19-7-9-27-28-10-8-20(2)18-30(28)31(29(27)17-19,25-13-21(3)11-22(4)14-25)26-15-23(5)12-24(6)16-26;1-11-5-7-13-14-8-6-12(2)10-16(14)17(3,4)15(13)9-11/h7-28H,1-6H3;3-4,9-18H,5-8H2,1-2H3;7-11,13-18,23H,12H2,1-6H3;5-10H,1-4H3. The fourth-order valence-electron chi connectivity index (χ4n) is 21.8. The SMILES string of the molecule is CC1=CC(C2(c3cc(C)cc(C)c3)c3cc(C)ccc3-c3ccc(C)cc32)=CC(C)C1.Cc1ccc(N(c2ccc(C)cc2)c2ccc3c(c2)C(C)(C)c2cc(N(c4ccc(C)cc4)c4ccc(C)cc4)ccc2-3)cc1.Cc1ccc2c(c1)C(C)(C)c1cc(C)ccc1-2.Cc1ccc2c(c1)C(c1ccc3c(c1)CC3)(c1ccc3c(c1)CC3)c1cc(C)ccc1-2.